The van der Waals surface area contributed by atoms with Gasteiger partial charge in [0.15, 0.2) is 0 Å². The number of carbonyl (C=O) groups is 2. The van der Waals surface area contributed by atoms with E-state index in [0.29, 0.717) is 0 Å². The molecule has 0 aromatic rings. The number of hydrogen-bond donors (Lipinski definition) is 3. The molecule has 0 saturated heterocycles. The van der Waals surface area contributed by atoms with E-state index >= 15 is 0 Å². The molecule has 0 aliphatic heterocycles. The van der Waals surface area contributed by atoms with Crippen molar-refractivity contribution in [3.63, 3.8) is 0 Å². The molecule has 0 rings (SSSR count). The predicted molar refractivity (Wildman–Crippen MR) is 51.4 cm³/mol. The molecule has 14 heavy (non-hydrogen) atoms. The van der Waals surface area contributed by atoms with Gasteiger partial charge in [0.1, 0.15) is 12.1 Å². The molecule has 0 bridgehead atoms. The summed E-state index contributed by atoms with van der Waals surface area (Å²) in [6.07, 6.45) is 0. The van der Waals surface area contributed by atoms with Gasteiger partial charge in [-0.2, -0.15) is 0 Å². The third-order valence-electron chi connectivity index (χ3n) is 1.08. The number of rotatable bonds is 3. The number of ether oxygens (including phenoxy) is 1. The van der Waals surface area contributed by atoms with Gasteiger partial charge in [0.05, 0.1) is 6.67 Å². The molecule has 0 aliphatic rings. The normalized spacial score (nSPS) is 10.6. The number of nitrogens with two attached hydrogens (primary N) is 1. The van der Waals surface area contributed by atoms with E-state index in [1.54, 1.807) is 20.8 Å². The Morgan fingerprint density at radius 3 is 2.29 bits per heavy atom. The van der Waals surface area contributed by atoms with Gasteiger partial charge in [-0.3, -0.25) is 4.79 Å². The minimum atomic E-state index is -0.539. The monoisotopic (exact) mass is 203 g/mol. The first-order chi connectivity index (χ1) is 6.35. The van der Waals surface area contributed by atoms with E-state index in [0.717, 1.165) is 0 Å². The van der Waals surface area contributed by atoms with Gasteiger partial charge >= 0.3 is 12.0 Å². The second kappa shape index (κ2) is 5.43. The maximum Gasteiger partial charge on any atom is 0.325 e. The quantitative estimate of drug-likeness (QED) is 0.427. The summed E-state index contributed by atoms with van der Waals surface area (Å²) < 4.78 is 4.95. The van der Waals surface area contributed by atoms with E-state index in [4.69, 9.17) is 10.5 Å². The number of amides is 2. The topological polar surface area (TPSA) is 93.4 Å². The lowest BCUT2D eigenvalue weighted by atomic mass is 10.2. The summed E-state index contributed by atoms with van der Waals surface area (Å²) in [6.45, 7) is 5.13. The SMILES string of the molecule is CC(C)(C)OC(=O)CNC(=O)NCN. The van der Waals surface area contributed by atoms with Gasteiger partial charge in [-0.25, -0.2) is 4.79 Å². The highest BCUT2D eigenvalue weighted by Gasteiger charge is 2.16. The van der Waals surface area contributed by atoms with Gasteiger partial charge in [-0.15, -0.1) is 0 Å². The van der Waals surface area contributed by atoms with E-state index in [1.807, 2.05) is 0 Å². The molecule has 6 heteroatoms. The van der Waals surface area contributed by atoms with Crippen molar-refractivity contribution in [3.05, 3.63) is 0 Å². The van der Waals surface area contributed by atoms with Crippen molar-refractivity contribution >= 4 is 12.0 Å². The van der Waals surface area contributed by atoms with Crippen molar-refractivity contribution in [1.29, 1.82) is 0 Å². The lowest BCUT2D eigenvalue weighted by Crippen LogP contribution is -2.42. The van der Waals surface area contributed by atoms with E-state index in [-0.39, 0.29) is 13.2 Å². The van der Waals surface area contributed by atoms with E-state index in [2.05, 4.69) is 10.6 Å². The zero-order valence-corrected chi connectivity index (χ0v) is 8.72. The number of esters is 1. The Kier molecular flexibility index (Phi) is 4.93. The molecule has 0 atom stereocenters. The fourth-order valence-electron chi connectivity index (χ4n) is 0.685. The first-order valence-electron chi connectivity index (χ1n) is 4.29. The molecule has 0 aliphatic carbocycles. The minimum Gasteiger partial charge on any atom is -0.459 e. The lowest BCUT2D eigenvalue weighted by molar-refractivity contribution is -0.153. The maximum atomic E-state index is 11.1. The largest absolute Gasteiger partial charge is 0.459 e. The Bertz CT molecular complexity index is 210. The Morgan fingerprint density at radius 1 is 1.29 bits per heavy atom. The van der Waals surface area contributed by atoms with Gasteiger partial charge < -0.3 is 21.1 Å². The van der Waals surface area contributed by atoms with Crippen LogP contribution in [0.1, 0.15) is 20.8 Å². The molecule has 0 aromatic carbocycles. The van der Waals surface area contributed by atoms with Crippen molar-refractivity contribution < 1.29 is 14.3 Å². The Balaban J connectivity index is 3.70. The second-order valence-electron chi connectivity index (χ2n) is 3.65. The summed E-state index contributed by atoms with van der Waals surface area (Å²) in [5.41, 5.74) is 4.51. The van der Waals surface area contributed by atoms with E-state index in [1.165, 1.54) is 0 Å². The average Bonchev–Trinajstić information content (AvgIpc) is 1.98. The fraction of sp³-hybridized carbons (Fsp3) is 0.750. The first-order valence-corrected chi connectivity index (χ1v) is 4.29. The molecular formula is C8H17N3O3. The summed E-state index contributed by atoms with van der Waals surface area (Å²) in [7, 11) is 0. The van der Waals surface area contributed by atoms with Crippen LogP contribution in [0.15, 0.2) is 0 Å². The maximum absolute atomic E-state index is 11.1. The zero-order valence-electron chi connectivity index (χ0n) is 8.72. The third kappa shape index (κ3) is 7.35. The second-order valence-corrected chi connectivity index (χ2v) is 3.65. The molecule has 2 amide bonds. The lowest BCUT2D eigenvalue weighted by Gasteiger charge is -2.19. The van der Waals surface area contributed by atoms with Crippen molar-refractivity contribution in [3.8, 4) is 0 Å². The Hall–Kier alpha value is -1.30. The average molecular weight is 203 g/mol. The highest BCUT2D eigenvalue weighted by Crippen LogP contribution is 2.05. The molecule has 0 saturated carbocycles. The van der Waals surface area contributed by atoms with Crippen LogP contribution < -0.4 is 16.4 Å². The van der Waals surface area contributed by atoms with Gasteiger partial charge in [-0.05, 0) is 20.8 Å². The predicted octanol–water partition coefficient (Wildman–Crippen LogP) is -0.456. The molecular weight excluding hydrogens is 186 g/mol. The van der Waals surface area contributed by atoms with Crippen molar-refractivity contribution in [2.75, 3.05) is 13.2 Å². The standard InChI is InChI=1S/C8H17N3O3/c1-8(2,3)14-6(12)4-10-7(13)11-5-9/h4-5,9H2,1-3H3,(H2,10,11,13). The molecule has 0 spiro atoms. The van der Waals surface area contributed by atoms with Crippen LogP contribution in [0.25, 0.3) is 0 Å². The van der Waals surface area contributed by atoms with Crippen LogP contribution in [-0.2, 0) is 9.53 Å². The van der Waals surface area contributed by atoms with Crippen LogP contribution in [0.2, 0.25) is 0 Å². The molecule has 0 radical (unpaired) electrons. The van der Waals surface area contributed by atoms with E-state index in [9.17, 15) is 9.59 Å². The van der Waals surface area contributed by atoms with Crippen LogP contribution in [0.5, 0.6) is 0 Å². The van der Waals surface area contributed by atoms with Crippen LogP contribution in [-0.4, -0.2) is 30.8 Å². The summed E-state index contributed by atoms with van der Waals surface area (Å²) in [6, 6.07) is -0.488. The van der Waals surface area contributed by atoms with Crippen LogP contribution >= 0.6 is 0 Å². The number of nitrogens with one attached hydrogen (secondary N) is 2. The Labute approximate surface area is 83.2 Å². The van der Waals surface area contributed by atoms with Gasteiger partial charge in [0, 0.05) is 0 Å². The number of urea groups is 1. The van der Waals surface area contributed by atoms with Gasteiger partial charge in [0.2, 0.25) is 0 Å². The summed E-state index contributed by atoms with van der Waals surface area (Å²) >= 11 is 0. The first kappa shape index (κ1) is 12.7. The summed E-state index contributed by atoms with van der Waals surface area (Å²) in [4.78, 5) is 21.9. The highest BCUT2D eigenvalue weighted by atomic mass is 16.6. The van der Waals surface area contributed by atoms with Gasteiger partial charge in [0.25, 0.3) is 0 Å². The molecule has 0 unspecified atom stereocenters. The van der Waals surface area contributed by atoms with Crippen LogP contribution in [0.3, 0.4) is 0 Å². The minimum absolute atomic E-state index is 0.0279. The van der Waals surface area contributed by atoms with Crippen molar-refractivity contribution in [1.82, 2.24) is 10.6 Å². The molecule has 6 nitrogen and oxygen atoms in total. The molecule has 0 aromatic heterocycles. The molecule has 4 N–H and O–H groups in total. The summed E-state index contributed by atoms with van der Waals surface area (Å²) in [5.74, 6) is -0.482. The van der Waals surface area contributed by atoms with Crippen LogP contribution in [0.4, 0.5) is 4.79 Å². The number of hydrogen-bond acceptors (Lipinski definition) is 4. The van der Waals surface area contributed by atoms with E-state index < -0.39 is 17.6 Å². The van der Waals surface area contributed by atoms with Gasteiger partial charge in [-0.1, -0.05) is 0 Å². The van der Waals surface area contributed by atoms with Crippen molar-refractivity contribution in [2.45, 2.75) is 26.4 Å². The number of carbonyl (C=O) groups excluding carboxylic acids is 2. The smallest absolute Gasteiger partial charge is 0.325 e. The fourth-order valence-corrected chi connectivity index (χ4v) is 0.685. The molecule has 82 valence electrons. The highest BCUT2D eigenvalue weighted by molar-refractivity contribution is 5.80. The summed E-state index contributed by atoms with van der Waals surface area (Å²) in [5, 5.41) is 4.59. The Morgan fingerprint density at radius 2 is 1.86 bits per heavy atom. The zero-order chi connectivity index (χ0) is 11.2. The van der Waals surface area contributed by atoms with Crippen LogP contribution in [0, 0.1) is 0 Å². The molecule has 0 heterocycles. The third-order valence-corrected chi connectivity index (χ3v) is 1.08. The molecule has 0 fully saturated rings. The van der Waals surface area contributed by atoms with Crippen molar-refractivity contribution in [2.24, 2.45) is 5.73 Å².